The molecule has 3 rings (SSSR count). The van der Waals surface area contributed by atoms with Crippen LogP contribution < -0.4 is 5.73 Å². The maximum Gasteiger partial charge on any atom is 0.116 e. The number of nitrogen functional groups attached to an aromatic ring is 1. The molecule has 0 saturated carbocycles. The summed E-state index contributed by atoms with van der Waals surface area (Å²) in [5.74, 6) is 0. The largest absolute Gasteiger partial charge is 0.396 e. The van der Waals surface area contributed by atoms with Crippen molar-refractivity contribution in [1.29, 1.82) is 0 Å². The highest BCUT2D eigenvalue weighted by Gasteiger charge is 2.11. The van der Waals surface area contributed by atoms with Gasteiger partial charge in [-0.05, 0) is 30.3 Å². The van der Waals surface area contributed by atoms with Gasteiger partial charge in [0.2, 0.25) is 0 Å². The molecule has 2 N–H and O–H groups in total. The van der Waals surface area contributed by atoms with Crippen LogP contribution in [0.5, 0.6) is 0 Å². The fourth-order valence-electron chi connectivity index (χ4n) is 1.91. The molecule has 0 fully saturated rings. The standard InChI is InChI=1S/C14H10Cl2N4/c15-10-1-2-13(11(16)7-10)20-8-12(17)14(19-20)9-3-5-18-6-4-9/h1-8H,17H2. The second kappa shape index (κ2) is 5.15. The molecule has 6 heteroatoms. The molecule has 0 atom stereocenters. The summed E-state index contributed by atoms with van der Waals surface area (Å²) >= 11 is 12.1. The average Bonchev–Trinajstić information content (AvgIpc) is 2.81. The number of pyridine rings is 1. The summed E-state index contributed by atoms with van der Waals surface area (Å²) in [5, 5.41) is 5.57. The molecule has 0 aliphatic heterocycles. The molecule has 0 aliphatic carbocycles. The number of anilines is 1. The summed E-state index contributed by atoms with van der Waals surface area (Å²) in [5.41, 5.74) is 8.91. The van der Waals surface area contributed by atoms with Gasteiger partial charge in [0.25, 0.3) is 0 Å². The van der Waals surface area contributed by atoms with E-state index in [1.165, 1.54) is 0 Å². The van der Waals surface area contributed by atoms with Crippen molar-refractivity contribution in [2.45, 2.75) is 0 Å². The number of halogens is 2. The Kier molecular flexibility index (Phi) is 3.34. The molecule has 3 aromatic rings. The summed E-state index contributed by atoms with van der Waals surface area (Å²) in [6.07, 6.45) is 5.12. The van der Waals surface area contributed by atoms with Crippen molar-refractivity contribution in [1.82, 2.24) is 14.8 Å². The first-order valence-electron chi connectivity index (χ1n) is 5.86. The van der Waals surface area contributed by atoms with Crippen LogP contribution in [-0.4, -0.2) is 14.8 Å². The summed E-state index contributed by atoms with van der Waals surface area (Å²) in [4.78, 5) is 3.98. The molecule has 1 aromatic carbocycles. The molecule has 0 amide bonds. The van der Waals surface area contributed by atoms with Gasteiger partial charge in [-0.25, -0.2) is 4.68 Å². The molecule has 20 heavy (non-hydrogen) atoms. The Morgan fingerprint density at radius 1 is 1.05 bits per heavy atom. The number of aromatic nitrogens is 3. The predicted octanol–water partition coefficient (Wildman–Crippen LogP) is 3.82. The van der Waals surface area contributed by atoms with Crippen molar-refractivity contribution in [2.24, 2.45) is 0 Å². The Bertz CT molecular complexity index is 753. The Morgan fingerprint density at radius 3 is 2.50 bits per heavy atom. The fraction of sp³-hybridized carbons (Fsp3) is 0. The third-order valence-corrected chi connectivity index (χ3v) is 3.39. The highest BCUT2D eigenvalue weighted by atomic mass is 35.5. The van der Waals surface area contributed by atoms with E-state index >= 15 is 0 Å². The summed E-state index contributed by atoms with van der Waals surface area (Å²) in [6, 6.07) is 8.93. The average molecular weight is 305 g/mol. The predicted molar refractivity (Wildman–Crippen MR) is 81.2 cm³/mol. The molecule has 100 valence electrons. The Morgan fingerprint density at radius 2 is 1.80 bits per heavy atom. The van der Waals surface area contributed by atoms with Crippen LogP contribution in [-0.2, 0) is 0 Å². The monoisotopic (exact) mass is 304 g/mol. The third-order valence-electron chi connectivity index (χ3n) is 2.85. The van der Waals surface area contributed by atoms with Gasteiger partial charge in [-0.15, -0.1) is 0 Å². The van der Waals surface area contributed by atoms with Crippen LogP contribution in [0.25, 0.3) is 16.9 Å². The lowest BCUT2D eigenvalue weighted by atomic mass is 10.2. The Labute approximate surface area is 125 Å². The lowest BCUT2D eigenvalue weighted by Crippen LogP contribution is -1.95. The number of benzene rings is 1. The maximum atomic E-state index is 6.18. The Balaban J connectivity index is 2.09. The van der Waals surface area contributed by atoms with Crippen molar-refractivity contribution in [3.8, 4) is 16.9 Å². The van der Waals surface area contributed by atoms with Gasteiger partial charge in [0.15, 0.2) is 0 Å². The molecule has 0 unspecified atom stereocenters. The minimum absolute atomic E-state index is 0.515. The minimum atomic E-state index is 0.515. The second-order valence-electron chi connectivity index (χ2n) is 4.21. The molecular weight excluding hydrogens is 295 g/mol. The quantitative estimate of drug-likeness (QED) is 0.783. The van der Waals surface area contributed by atoms with Crippen LogP contribution >= 0.6 is 23.2 Å². The third kappa shape index (κ3) is 2.35. The fourth-order valence-corrected chi connectivity index (χ4v) is 2.41. The number of rotatable bonds is 2. The molecular formula is C14H10Cl2N4. The highest BCUT2D eigenvalue weighted by Crippen LogP contribution is 2.28. The lowest BCUT2D eigenvalue weighted by molar-refractivity contribution is 0.884. The van der Waals surface area contributed by atoms with Crippen LogP contribution in [0.15, 0.2) is 48.9 Å². The Hall–Kier alpha value is -2.04. The van der Waals surface area contributed by atoms with E-state index in [2.05, 4.69) is 10.1 Å². The topological polar surface area (TPSA) is 56.7 Å². The van der Waals surface area contributed by atoms with Gasteiger partial charge in [0, 0.05) is 23.0 Å². The zero-order valence-electron chi connectivity index (χ0n) is 10.3. The summed E-state index contributed by atoms with van der Waals surface area (Å²) in [7, 11) is 0. The molecule has 0 aliphatic rings. The van der Waals surface area contributed by atoms with E-state index < -0.39 is 0 Å². The first-order chi connectivity index (χ1) is 9.65. The highest BCUT2D eigenvalue weighted by molar-refractivity contribution is 6.35. The number of nitrogens with zero attached hydrogens (tertiary/aromatic N) is 3. The molecule has 4 nitrogen and oxygen atoms in total. The number of nitrogens with two attached hydrogens (primary N) is 1. The van der Waals surface area contributed by atoms with E-state index in [-0.39, 0.29) is 0 Å². The molecule has 2 aromatic heterocycles. The number of hydrogen-bond donors (Lipinski definition) is 1. The van der Waals surface area contributed by atoms with Gasteiger partial charge in [0.1, 0.15) is 5.69 Å². The first-order valence-corrected chi connectivity index (χ1v) is 6.62. The SMILES string of the molecule is Nc1cn(-c2ccc(Cl)cc2Cl)nc1-c1ccncc1. The van der Waals surface area contributed by atoms with E-state index in [1.54, 1.807) is 41.5 Å². The molecule has 2 heterocycles. The van der Waals surface area contributed by atoms with Crippen LogP contribution in [0.2, 0.25) is 10.0 Å². The van der Waals surface area contributed by atoms with Crippen molar-refractivity contribution in [3.63, 3.8) is 0 Å². The molecule has 0 bridgehead atoms. The van der Waals surface area contributed by atoms with Crippen molar-refractivity contribution in [3.05, 3.63) is 59.0 Å². The first kappa shape index (κ1) is 13.0. The molecule has 0 spiro atoms. The van der Waals surface area contributed by atoms with Crippen molar-refractivity contribution < 1.29 is 0 Å². The van der Waals surface area contributed by atoms with E-state index in [1.807, 2.05) is 12.1 Å². The molecule has 0 saturated heterocycles. The van der Waals surface area contributed by atoms with Gasteiger partial charge in [-0.2, -0.15) is 5.10 Å². The summed E-state index contributed by atoms with van der Waals surface area (Å²) < 4.78 is 1.64. The second-order valence-corrected chi connectivity index (χ2v) is 5.05. The van der Waals surface area contributed by atoms with E-state index in [4.69, 9.17) is 28.9 Å². The summed E-state index contributed by atoms with van der Waals surface area (Å²) in [6.45, 7) is 0. The van der Waals surface area contributed by atoms with Gasteiger partial charge in [-0.1, -0.05) is 23.2 Å². The number of hydrogen-bond acceptors (Lipinski definition) is 3. The maximum absolute atomic E-state index is 6.18. The van der Waals surface area contributed by atoms with E-state index in [9.17, 15) is 0 Å². The van der Waals surface area contributed by atoms with Crippen molar-refractivity contribution in [2.75, 3.05) is 5.73 Å². The van der Waals surface area contributed by atoms with Crippen LogP contribution in [0.4, 0.5) is 5.69 Å². The molecule has 0 radical (unpaired) electrons. The smallest absolute Gasteiger partial charge is 0.116 e. The van der Waals surface area contributed by atoms with Gasteiger partial charge in [0.05, 0.1) is 22.6 Å². The lowest BCUT2D eigenvalue weighted by Gasteiger charge is -2.04. The normalized spacial score (nSPS) is 10.7. The van der Waals surface area contributed by atoms with Gasteiger partial charge < -0.3 is 5.73 Å². The van der Waals surface area contributed by atoms with Crippen molar-refractivity contribution >= 4 is 28.9 Å². The van der Waals surface area contributed by atoms with Gasteiger partial charge in [-0.3, -0.25) is 4.98 Å². The van der Waals surface area contributed by atoms with E-state index in [0.717, 1.165) is 11.3 Å². The van der Waals surface area contributed by atoms with Crippen LogP contribution in [0.3, 0.4) is 0 Å². The zero-order chi connectivity index (χ0) is 14.1. The van der Waals surface area contributed by atoms with Crippen LogP contribution in [0.1, 0.15) is 0 Å². The van der Waals surface area contributed by atoms with Crippen LogP contribution in [0, 0.1) is 0 Å². The minimum Gasteiger partial charge on any atom is -0.396 e. The van der Waals surface area contributed by atoms with E-state index in [0.29, 0.717) is 21.4 Å². The van der Waals surface area contributed by atoms with Gasteiger partial charge >= 0.3 is 0 Å². The zero-order valence-corrected chi connectivity index (χ0v) is 11.8.